The molecule has 1 aliphatic rings. The summed E-state index contributed by atoms with van der Waals surface area (Å²) in [5, 5.41) is 4.81. The highest BCUT2D eigenvalue weighted by molar-refractivity contribution is 5.89. The van der Waals surface area contributed by atoms with E-state index in [2.05, 4.69) is 58.8 Å². The quantitative estimate of drug-likeness (QED) is 0.678. The third-order valence-corrected chi connectivity index (χ3v) is 3.96. The van der Waals surface area contributed by atoms with E-state index in [1.165, 1.54) is 33.3 Å². The summed E-state index contributed by atoms with van der Waals surface area (Å²) < 4.78 is 0. The normalized spacial score (nSPS) is 14.5. The lowest BCUT2D eigenvalue weighted by Crippen LogP contribution is -2.22. The SMILES string of the molecule is c1ccc(-c2ccc3c4c([nH]c3c2)CCNC4)cc1. The molecule has 0 radical (unpaired) electrons. The second-order valence-electron chi connectivity index (χ2n) is 5.14. The van der Waals surface area contributed by atoms with Crippen LogP contribution in [0.15, 0.2) is 48.5 Å². The first-order valence-corrected chi connectivity index (χ1v) is 6.81. The lowest BCUT2D eigenvalue weighted by molar-refractivity contribution is 0.641. The monoisotopic (exact) mass is 248 g/mol. The Labute approximate surface area is 112 Å². The van der Waals surface area contributed by atoms with Crippen LogP contribution in [0.25, 0.3) is 22.0 Å². The minimum atomic E-state index is 0.986. The number of H-pyrrole nitrogens is 1. The van der Waals surface area contributed by atoms with Gasteiger partial charge in [-0.15, -0.1) is 0 Å². The van der Waals surface area contributed by atoms with E-state index in [0.717, 1.165) is 19.5 Å². The summed E-state index contributed by atoms with van der Waals surface area (Å²) in [4.78, 5) is 3.59. The molecule has 3 aromatic rings. The van der Waals surface area contributed by atoms with Crippen LogP contribution in [0.5, 0.6) is 0 Å². The van der Waals surface area contributed by atoms with Gasteiger partial charge in [-0.3, -0.25) is 0 Å². The van der Waals surface area contributed by atoms with Crippen molar-refractivity contribution < 1.29 is 0 Å². The Morgan fingerprint density at radius 1 is 0.895 bits per heavy atom. The molecular weight excluding hydrogens is 232 g/mol. The second-order valence-corrected chi connectivity index (χ2v) is 5.14. The van der Waals surface area contributed by atoms with Gasteiger partial charge in [0.25, 0.3) is 0 Å². The third kappa shape index (κ3) is 1.76. The van der Waals surface area contributed by atoms with Crippen molar-refractivity contribution in [1.82, 2.24) is 10.3 Å². The minimum absolute atomic E-state index is 0.986. The van der Waals surface area contributed by atoms with Gasteiger partial charge in [0, 0.05) is 36.1 Å². The number of rotatable bonds is 1. The maximum absolute atomic E-state index is 3.59. The van der Waals surface area contributed by atoms with E-state index in [-0.39, 0.29) is 0 Å². The fourth-order valence-electron chi connectivity index (χ4n) is 2.96. The first kappa shape index (κ1) is 10.8. The van der Waals surface area contributed by atoms with Gasteiger partial charge in [-0.25, -0.2) is 0 Å². The molecule has 1 aromatic heterocycles. The molecule has 2 heterocycles. The Hall–Kier alpha value is -2.06. The van der Waals surface area contributed by atoms with Crippen LogP contribution in [-0.4, -0.2) is 11.5 Å². The van der Waals surface area contributed by atoms with Crippen molar-refractivity contribution in [2.45, 2.75) is 13.0 Å². The Bertz CT molecular complexity index is 726. The van der Waals surface area contributed by atoms with E-state index in [9.17, 15) is 0 Å². The summed E-state index contributed by atoms with van der Waals surface area (Å²) in [6, 6.07) is 17.3. The lowest BCUT2D eigenvalue weighted by atomic mass is 10.0. The van der Waals surface area contributed by atoms with Crippen LogP contribution >= 0.6 is 0 Å². The number of aromatic nitrogens is 1. The van der Waals surface area contributed by atoms with Crippen LogP contribution < -0.4 is 5.32 Å². The van der Waals surface area contributed by atoms with Gasteiger partial charge in [0.05, 0.1) is 0 Å². The Balaban J connectivity index is 1.88. The Morgan fingerprint density at radius 2 is 1.79 bits per heavy atom. The molecule has 2 nitrogen and oxygen atoms in total. The molecule has 2 aromatic carbocycles. The molecule has 2 N–H and O–H groups in total. The van der Waals surface area contributed by atoms with Crippen molar-refractivity contribution in [2.24, 2.45) is 0 Å². The molecule has 94 valence electrons. The van der Waals surface area contributed by atoms with Gasteiger partial charge in [-0.05, 0) is 22.8 Å². The zero-order valence-electron chi connectivity index (χ0n) is 10.7. The van der Waals surface area contributed by atoms with Crippen LogP contribution in [-0.2, 0) is 13.0 Å². The minimum Gasteiger partial charge on any atom is -0.358 e. The smallest absolute Gasteiger partial charge is 0.0465 e. The Morgan fingerprint density at radius 3 is 2.68 bits per heavy atom. The van der Waals surface area contributed by atoms with Gasteiger partial charge in [-0.1, -0.05) is 42.5 Å². The molecule has 0 unspecified atom stereocenters. The fourth-order valence-corrected chi connectivity index (χ4v) is 2.96. The molecule has 0 spiro atoms. The molecule has 0 bridgehead atoms. The molecule has 19 heavy (non-hydrogen) atoms. The van der Waals surface area contributed by atoms with E-state index in [1.807, 2.05) is 0 Å². The molecule has 0 saturated heterocycles. The summed E-state index contributed by atoms with van der Waals surface area (Å²) in [6.07, 6.45) is 1.10. The molecule has 0 saturated carbocycles. The number of aromatic amines is 1. The number of benzene rings is 2. The van der Waals surface area contributed by atoms with Crippen LogP contribution in [0.4, 0.5) is 0 Å². The van der Waals surface area contributed by atoms with E-state index in [4.69, 9.17) is 0 Å². The highest BCUT2D eigenvalue weighted by Crippen LogP contribution is 2.29. The van der Waals surface area contributed by atoms with Crippen molar-refractivity contribution in [2.75, 3.05) is 6.54 Å². The molecule has 0 amide bonds. The first-order valence-electron chi connectivity index (χ1n) is 6.81. The standard InChI is InChI=1S/C17H16N2/c1-2-4-12(5-3-1)13-6-7-14-15-11-18-9-8-16(15)19-17(14)10-13/h1-7,10,18-19H,8-9,11H2. The average Bonchev–Trinajstić information content (AvgIpc) is 2.86. The highest BCUT2D eigenvalue weighted by Gasteiger charge is 2.14. The summed E-state index contributed by atoms with van der Waals surface area (Å²) in [6.45, 7) is 2.06. The van der Waals surface area contributed by atoms with Gasteiger partial charge >= 0.3 is 0 Å². The zero-order chi connectivity index (χ0) is 12.7. The molecular formula is C17H16N2. The molecule has 0 atom stereocenters. The van der Waals surface area contributed by atoms with E-state index in [1.54, 1.807) is 0 Å². The Kier molecular flexibility index (Phi) is 2.42. The number of hydrogen-bond acceptors (Lipinski definition) is 1. The topological polar surface area (TPSA) is 27.8 Å². The zero-order valence-corrected chi connectivity index (χ0v) is 10.7. The van der Waals surface area contributed by atoms with Gasteiger partial charge in [0.2, 0.25) is 0 Å². The van der Waals surface area contributed by atoms with Gasteiger partial charge in [0.15, 0.2) is 0 Å². The van der Waals surface area contributed by atoms with Gasteiger partial charge in [0.1, 0.15) is 0 Å². The summed E-state index contributed by atoms with van der Waals surface area (Å²) in [7, 11) is 0. The van der Waals surface area contributed by atoms with E-state index < -0.39 is 0 Å². The predicted molar refractivity (Wildman–Crippen MR) is 79.1 cm³/mol. The molecule has 0 fully saturated rings. The summed E-state index contributed by atoms with van der Waals surface area (Å²) in [5.74, 6) is 0. The first-order chi connectivity index (χ1) is 9.42. The number of hydrogen-bond donors (Lipinski definition) is 2. The maximum atomic E-state index is 3.59. The van der Waals surface area contributed by atoms with Crippen LogP contribution in [0.1, 0.15) is 11.3 Å². The van der Waals surface area contributed by atoms with E-state index in [0.29, 0.717) is 0 Å². The predicted octanol–water partition coefficient (Wildman–Crippen LogP) is 3.48. The fraction of sp³-hybridized carbons (Fsp3) is 0.176. The third-order valence-electron chi connectivity index (χ3n) is 3.96. The second kappa shape index (κ2) is 4.25. The average molecular weight is 248 g/mol. The van der Waals surface area contributed by atoms with Gasteiger partial charge in [-0.2, -0.15) is 0 Å². The molecule has 0 aliphatic carbocycles. The number of fused-ring (bicyclic) bond motifs is 3. The van der Waals surface area contributed by atoms with Crippen molar-refractivity contribution in [3.8, 4) is 11.1 Å². The van der Waals surface area contributed by atoms with Crippen LogP contribution in [0, 0.1) is 0 Å². The highest BCUT2D eigenvalue weighted by atomic mass is 14.9. The molecule has 2 heteroatoms. The van der Waals surface area contributed by atoms with E-state index >= 15 is 0 Å². The molecule has 4 rings (SSSR count). The van der Waals surface area contributed by atoms with Crippen LogP contribution in [0.3, 0.4) is 0 Å². The van der Waals surface area contributed by atoms with Crippen molar-refractivity contribution in [3.05, 3.63) is 59.8 Å². The van der Waals surface area contributed by atoms with Crippen LogP contribution in [0.2, 0.25) is 0 Å². The summed E-state index contributed by atoms with van der Waals surface area (Å²) in [5.41, 5.74) is 6.66. The van der Waals surface area contributed by atoms with Crippen molar-refractivity contribution in [1.29, 1.82) is 0 Å². The largest absolute Gasteiger partial charge is 0.358 e. The maximum Gasteiger partial charge on any atom is 0.0465 e. The summed E-state index contributed by atoms with van der Waals surface area (Å²) >= 11 is 0. The van der Waals surface area contributed by atoms with Crippen molar-refractivity contribution in [3.63, 3.8) is 0 Å². The van der Waals surface area contributed by atoms with Gasteiger partial charge < -0.3 is 10.3 Å². The molecule has 1 aliphatic heterocycles. The van der Waals surface area contributed by atoms with Crippen molar-refractivity contribution >= 4 is 10.9 Å². The number of nitrogens with one attached hydrogen (secondary N) is 2. The lowest BCUT2D eigenvalue weighted by Gasteiger charge is -2.12.